The monoisotopic (exact) mass is 157 g/mol. The summed E-state index contributed by atoms with van der Waals surface area (Å²) in [6, 6.07) is 1.78. The Morgan fingerprint density at radius 1 is 1.58 bits per heavy atom. The SMILES string of the molecule is C#Cc1ccnc2c(N)c[nH]c12. The third-order valence-electron chi connectivity index (χ3n) is 1.75. The molecule has 0 aliphatic carbocycles. The molecule has 3 heteroatoms. The highest BCUT2D eigenvalue weighted by Gasteiger charge is 2.03. The third kappa shape index (κ3) is 0.753. The highest BCUT2D eigenvalue weighted by Crippen LogP contribution is 2.19. The first-order chi connectivity index (χ1) is 5.83. The molecule has 0 amide bonds. The van der Waals surface area contributed by atoms with E-state index in [0.717, 1.165) is 16.6 Å². The van der Waals surface area contributed by atoms with Crippen molar-refractivity contribution in [3.05, 3.63) is 24.0 Å². The number of hydrogen-bond donors (Lipinski definition) is 2. The van der Waals surface area contributed by atoms with Crippen LogP contribution in [0.4, 0.5) is 5.69 Å². The van der Waals surface area contributed by atoms with E-state index in [2.05, 4.69) is 15.9 Å². The highest BCUT2D eigenvalue weighted by atomic mass is 14.8. The quantitative estimate of drug-likeness (QED) is 0.563. The number of nitrogens with one attached hydrogen (secondary N) is 1. The van der Waals surface area contributed by atoms with Crippen molar-refractivity contribution in [3.63, 3.8) is 0 Å². The molecule has 0 aromatic carbocycles. The van der Waals surface area contributed by atoms with Gasteiger partial charge in [-0.15, -0.1) is 6.42 Å². The number of hydrogen-bond acceptors (Lipinski definition) is 2. The molecular formula is C9H7N3. The summed E-state index contributed by atoms with van der Waals surface area (Å²) in [5.74, 6) is 2.56. The minimum absolute atomic E-state index is 0.627. The van der Waals surface area contributed by atoms with Crippen molar-refractivity contribution in [1.29, 1.82) is 0 Å². The third-order valence-corrected chi connectivity index (χ3v) is 1.75. The number of rotatable bonds is 0. The number of terminal acetylenes is 1. The van der Waals surface area contributed by atoms with Crippen molar-refractivity contribution in [2.24, 2.45) is 0 Å². The Labute approximate surface area is 69.6 Å². The van der Waals surface area contributed by atoms with Gasteiger partial charge >= 0.3 is 0 Å². The van der Waals surface area contributed by atoms with Gasteiger partial charge in [-0.3, -0.25) is 4.98 Å². The zero-order valence-electron chi connectivity index (χ0n) is 6.33. The molecule has 0 unspecified atom stereocenters. The zero-order chi connectivity index (χ0) is 8.55. The summed E-state index contributed by atoms with van der Waals surface area (Å²) >= 11 is 0. The van der Waals surface area contributed by atoms with Gasteiger partial charge in [0.25, 0.3) is 0 Å². The summed E-state index contributed by atoms with van der Waals surface area (Å²) in [7, 11) is 0. The fourth-order valence-corrected chi connectivity index (χ4v) is 1.17. The predicted octanol–water partition coefficient (Wildman–Crippen LogP) is 1.13. The Morgan fingerprint density at radius 2 is 2.42 bits per heavy atom. The molecule has 0 radical (unpaired) electrons. The van der Waals surface area contributed by atoms with E-state index in [1.807, 2.05) is 0 Å². The average Bonchev–Trinajstić information content (AvgIpc) is 2.48. The van der Waals surface area contributed by atoms with E-state index in [9.17, 15) is 0 Å². The lowest BCUT2D eigenvalue weighted by atomic mass is 10.2. The molecule has 0 atom stereocenters. The number of nitrogens with zero attached hydrogens (tertiary/aromatic N) is 1. The topological polar surface area (TPSA) is 54.7 Å². The number of H-pyrrole nitrogens is 1. The fourth-order valence-electron chi connectivity index (χ4n) is 1.17. The molecule has 0 spiro atoms. The molecule has 2 rings (SSSR count). The van der Waals surface area contributed by atoms with Crippen LogP contribution in [0.2, 0.25) is 0 Å². The lowest BCUT2D eigenvalue weighted by Crippen LogP contribution is -1.84. The molecular weight excluding hydrogens is 150 g/mol. The van der Waals surface area contributed by atoms with E-state index in [-0.39, 0.29) is 0 Å². The van der Waals surface area contributed by atoms with Crippen LogP contribution in [0.5, 0.6) is 0 Å². The van der Waals surface area contributed by atoms with Crippen LogP contribution >= 0.6 is 0 Å². The van der Waals surface area contributed by atoms with Gasteiger partial charge in [0.1, 0.15) is 5.52 Å². The van der Waals surface area contributed by atoms with Gasteiger partial charge in [-0.25, -0.2) is 0 Å². The van der Waals surface area contributed by atoms with Crippen LogP contribution in [0.25, 0.3) is 11.0 Å². The zero-order valence-corrected chi connectivity index (χ0v) is 6.33. The molecule has 2 aromatic rings. The maximum atomic E-state index is 5.64. The van der Waals surface area contributed by atoms with Gasteiger partial charge in [-0.1, -0.05) is 5.92 Å². The molecule has 0 saturated carbocycles. The summed E-state index contributed by atoms with van der Waals surface area (Å²) in [6.45, 7) is 0. The molecule has 3 N–H and O–H groups in total. The van der Waals surface area contributed by atoms with Crippen LogP contribution in [0.15, 0.2) is 18.5 Å². The number of pyridine rings is 1. The van der Waals surface area contributed by atoms with E-state index in [4.69, 9.17) is 12.2 Å². The Morgan fingerprint density at radius 3 is 3.17 bits per heavy atom. The van der Waals surface area contributed by atoms with Gasteiger partial charge in [0, 0.05) is 12.4 Å². The number of nitrogens with two attached hydrogens (primary N) is 1. The number of aromatic nitrogens is 2. The van der Waals surface area contributed by atoms with E-state index in [1.165, 1.54) is 0 Å². The molecule has 0 fully saturated rings. The molecule has 2 aromatic heterocycles. The maximum Gasteiger partial charge on any atom is 0.112 e. The largest absolute Gasteiger partial charge is 0.396 e. The molecule has 0 aliphatic heterocycles. The number of nitrogen functional groups attached to an aromatic ring is 1. The molecule has 58 valence electrons. The number of fused-ring (bicyclic) bond motifs is 1. The lowest BCUT2D eigenvalue weighted by Gasteiger charge is -1.92. The van der Waals surface area contributed by atoms with Crippen molar-refractivity contribution in [3.8, 4) is 12.3 Å². The maximum absolute atomic E-state index is 5.64. The van der Waals surface area contributed by atoms with Crippen LogP contribution in [0.3, 0.4) is 0 Å². The van der Waals surface area contributed by atoms with Crippen LogP contribution < -0.4 is 5.73 Å². The van der Waals surface area contributed by atoms with Gasteiger partial charge in [0.05, 0.1) is 16.8 Å². The van der Waals surface area contributed by atoms with Crippen LogP contribution in [-0.2, 0) is 0 Å². The van der Waals surface area contributed by atoms with Crippen LogP contribution in [-0.4, -0.2) is 9.97 Å². The van der Waals surface area contributed by atoms with Crippen molar-refractivity contribution in [1.82, 2.24) is 9.97 Å². The average molecular weight is 157 g/mol. The molecule has 2 heterocycles. The molecule has 12 heavy (non-hydrogen) atoms. The Hall–Kier alpha value is -1.95. The van der Waals surface area contributed by atoms with Crippen molar-refractivity contribution < 1.29 is 0 Å². The second-order valence-electron chi connectivity index (χ2n) is 2.47. The van der Waals surface area contributed by atoms with Gasteiger partial charge in [0.15, 0.2) is 0 Å². The Kier molecular flexibility index (Phi) is 1.28. The van der Waals surface area contributed by atoms with Crippen LogP contribution in [0, 0.1) is 12.3 Å². The van der Waals surface area contributed by atoms with E-state index < -0.39 is 0 Å². The minimum atomic E-state index is 0.627. The standard InChI is InChI=1S/C9H7N3/c1-2-6-3-4-11-9-7(10)5-12-8(6)9/h1,3-5,12H,10H2. The van der Waals surface area contributed by atoms with Crippen molar-refractivity contribution >= 4 is 16.7 Å². The fraction of sp³-hybridized carbons (Fsp3) is 0. The summed E-state index contributed by atoms with van der Waals surface area (Å²) in [5, 5.41) is 0. The molecule has 0 bridgehead atoms. The Balaban J connectivity index is 2.92. The van der Waals surface area contributed by atoms with Gasteiger partial charge < -0.3 is 10.7 Å². The second kappa shape index (κ2) is 2.28. The highest BCUT2D eigenvalue weighted by molar-refractivity contribution is 5.90. The van der Waals surface area contributed by atoms with Crippen molar-refractivity contribution in [2.75, 3.05) is 5.73 Å². The van der Waals surface area contributed by atoms with Gasteiger partial charge in [0.2, 0.25) is 0 Å². The summed E-state index contributed by atoms with van der Waals surface area (Å²) in [5.41, 5.74) is 8.63. The molecule has 3 nitrogen and oxygen atoms in total. The van der Waals surface area contributed by atoms with E-state index >= 15 is 0 Å². The predicted molar refractivity (Wildman–Crippen MR) is 48.4 cm³/mol. The van der Waals surface area contributed by atoms with Gasteiger partial charge in [-0.05, 0) is 6.07 Å². The molecule has 0 saturated heterocycles. The smallest absolute Gasteiger partial charge is 0.112 e. The summed E-state index contributed by atoms with van der Waals surface area (Å²) < 4.78 is 0. The normalized spacial score (nSPS) is 9.92. The first-order valence-corrected chi connectivity index (χ1v) is 3.51. The van der Waals surface area contributed by atoms with Gasteiger partial charge in [-0.2, -0.15) is 0 Å². The van der Waals surface area contributed by atoms with Crippen LogP contribution in [0.1, 0.15) is 5.56 Å². The van der Waals surface area contributed by atoms with Crippen molar-refractivity contribution in [2.45, 2.75) is 0 Å². The first-order valence-electron chi connectivity index (χ1n) is 3.51. The van der Waals surface area contributed by atoms with E-state index in [1.54, 1.807) is 18.5 Å². The minimum Gasteiger partial charge on any atom is -0.396 e. The lowest BCUT2D eigenvalue weighted by molar-refractivity contribution is 1.39. The summed E-state index contributed by atoms with van der Waals surface area (Å²) in [6.07, 6.45) is 8.63. The first kappa shape index (κ1) is 6.74. The Bertz CT molecular complexity index is 462. The second-order valence-corrected chi connectivity index (χ2v) is 2.47. The number of anilines is 1. The number of aromatic amines is 1. The molecule has 0 aliphatic rings. The van der Waals surface area contributed by atoms with E-state index in [0.29, 0.717) is 5.69 Å². The summed E-state index contributed by atoms with van der Waals surface area (Å²) in [4.78, 5) is 7.07.